The van der Waals surface area contributed by atoms with E-state index >= 15 is 0 Å². The molecule has 0 N–H and O–H groups in total. The molecule has 1 aromatic rings. The van der Waals surface area contributed by atoms with Crippen LogP contribution < -0.4 is 0 Å². The fourth-order valence-corrected chi connectivity index (χ4v) is 3.84. The minimum Gasteiger partial charge on any atom is -0.298 e. The van der Waals surface area contributed by atoms with Gasteiger partial charge in [-0.05, 0) is 26.6 Å². The summed E-state index contributed by atoms with van der Waals surface area (Å²) in [6, 6.07) is 9.10. The van der Waals surface area contributed by atoms with Gasteiger partial charge in [0, 0.05) is 17.4 Å². The molecule has 5 heteroatoms. The van der Waals surface area contributed by atoms with Gasteiger partial charge in [0.25, 0.3) is 0 Å². The average molecular weight is 429 g/mol. The van der Waals surface area contributed by atoms with Crippen molar-refractivity contribution in [2.75, 3.05) is 6.16 Å². The van der Waals surface area contributed by atoms with Crippen molar-refractivity contribution >= 4 is 33.9 Å². The molecule has 1 rings (SSSR count). The highest BCUT2D eigenvalue weighted by molar-refractivity contribution is 7.96. The van der Waals surface area contributed by atoms with Crippen LogP contribution in [0, 0.1) is 0 Å². The largest absolute Gasteiger partial charge is 0.298 e. The van der Waals surface area contributed by atoms with Crippen LogP contribution in [0.25, 0.3) is 0 Å². The first-order chi connectivity index (χ1) is 13.2. The number of rotatable bonds is 13. The van der Waals surface area contributed by atoms with Crippen molar-refractivity contribution in [3.05, 3.63) is 35.9 Å². The van der Waals surface area contributed by atoms with Gasteiger partial charge in [0.05, 0.1) is 0 Å². The molecule has 27 heavy (non-hydrogen) atoms. The number of carbonyl (C=O) groups excluding carboxylic acids is 1. The van der Waals surface area contributed by atoms with Crippen LogP contribution in [0.1, 0.15) is 95.3 Å². The highest BCUT2D eigenvalue weighted by Gasteiger charge is 2.03. The molecule has 154 valence electrons. The maximum atomic E-state index is 10.0. The summed E-state index contributed by atoms with van der Waals surface area (Å²) >= 11 is 5.11. The highest BCUT2D eigenvalue weighted by Crippen LogP contribution is 2.21. The van der Waals surface area contributed by atoms with E-state index in [9.17, 15) is 9.36 Å². The fraction of sp³-hybridized carbons (Fsp3) is 0.682. The zero-order chi connectivity index (χ0) is 20.6. The molecule has 0 aliphatic carbocycles. The lowest BCUT2D eigenvalue weighted by molar-refractivity contribution is 0.112. The summed E-state index contributed by atoms with van der Waals surface area (Å²) in [6.07, 6.45) is 14.7. The molecule has 1 unspecified atom stereocenters. The third-order valence-corrected chi connectivity index (χ3v) is 6.18. The average Bonchev–Trinajstić information content (AvgIpc) is 2.72. The first-order valence-corrected chi connectivity index (χ1v) is 13.3. The summed E-state index contributed by atoms with van der Waals surface area (Å²) in [6.45, 7) is 6.65. The fourth-order valence-electron chi connectivity index (χ4n) is 2.28. The molecule has 0 bridgehead atoms. The van der Waals surface area contributed by atoms with Crippen LogP contribution in [0.2, 0.25) is 0 Å². The van der Waals surface area contributed by atoms with Crippen molar-refractivity contribution in [1.82, 2.24) is 0 Å². The van der Waals surface area contributed by atoms with E-state index < -0.39 is 0 Å². The van der Waals surface area contributed by atoms with Gasteiger partial charge in [-0.1, -0.05) is 108 Å². The van der Waals surface area contributed by atoms with Crippen molar-refractivity contribution in [2.24, 2.45) is 0 Å². The van der Waals surface area contributed by atoms with Gasteiger partial charge in [-0.15, -0.1) is 0 Å². The summed E-state index contributed by atoms with van der Waals surface area (Å²) in [5.74, 6) is 0. The van der Waals surface area contributed by atoms with E-state index in [1.165, 1.54) is 65.1 Å². The summed E-state index contributed by atoms with van der Waals surface area (Å²) in [7, 11) is 1.50. The lowest BCUT2D eigenvalue weighted by atomic mass is 10.1. The van der Waals surface area contributed by atoms with Crippen LogP contribution in [0.3, 0.4) is 0 Å². The van der Waals surface area contributed by atoms with E-state index in [0.717, 1.165) is 30.1 Å². The Kier molecular flexibility index (Phi) is 27.1. The van der Waals surface area contributed by atoms with Gasteiger partial charge < -0.3 is 0 Å². The maximum Gasteiger partial charge on any atom is 0.155 e. The Bertz CT molecular complexity index is 441. The third-order valence-electron chi connectivity index (χ3n) is 3.97. The molecule has 2 nitrogen and oxygen atoms in total. The molecule has 0 heterocycles. The normalized spacial score (nSPS) is 11.1. The van der Waals surface area contributed by atoms with Crippen molar-refractivity contribution < 1.29 is 9.36 Å². The van der Waals surface area contributed by atoms with Gasteiger partial charge in [0.15, 0.2) is 8.46 Å². The number of unbranched alkanes of at least 4 members (excludes halogenated alkanes) is 5. The molecular weight excluding hydrogens is 390 g/mol. The molecule has 0 fully saturated rings. The number of hydrogen-bond acceptors (Lipinski definition) is 3. The topological polar surface area (TPSA) is 34.1 Å². The monoisotopic (exact) mass is 428 g/mol. The number of hydrogen-bond donors (Lipinski definition) is 0. The number of carbonyl (C=O) groups is 1. The van der Waals surface area contributed by atoms with Crippen LogP contribution in [0.4, 0.5) is 0 Å². The number of aldehydes is 1. The molecule has 0 spiro atoms. The molecule has 0 saturated carbocycles. The van der Waals surface area contributed by atoms with E-state index in [1.807, 2.05) is 18.2 Å². The molecule has 0 saturated heterocycles. The molecular formula is C22H38O2P2S. The molecule has 0 aliphatic heterocycles. The van der Waals surface area contributed by atoms with Gasteiger partial charge >= 0.3 is 0 Å². The predicted molar refractivity (Wildman–Crippen MR) is 126 cm³/mol. The second-order valence-electron chi connectivity index (χ2n) is 6.49. The van der Waals surface area contributed by atoms with Crippen LogP contribution in [-0.4, -0.2) is 18.1 Å². The number of benzene rings is 1. The standard InChI is InChI=1S/C10H21PS.C7H6O.C5H11OP/c1-3-5-7-9-10(11-12)8-6-4-2;8-6-7-4-2-1-3-5-7;1-2-3-4-5-7-6/h10H,3-9H2,1-2H3;1-6H;2-5H2,1H3. The molecule has 0 radical (unpaired) electrons. The van der Waals surface area contributed by atoms with E-state index in [0.29, 0.717) is 8.46 Å². The van der Waals surface area contributed by atoms with E-state index in [2.05, 4.69) is 20.8 Å². The Morgan fingerprint density at radius 2 is 1.44 bits per heavy atom. The van der Waals surface area contributed by atoms with Crippen molar-refractivity contribution in [2.45, 2.75) is 90.6 Å². The van der Waals surface area contributed by atoms with Gasteiger partial charge in [-0.2, -0.15) is 0 Å². The second kappa shape index (κ2) is 25.5. The highest BCUT2D eigenvalue weighted by atomic mass is 32.4. The van der Waals surface area contributed by atoms with Crippen LogP contribution in [0.15, 0.2) is 30.3 Å². The first-order valence-electron chi connectivity index (χ1n) is 10.3. The molecule has 0 aromatic heterocycles. The second-order valence-corrected chi connectivity index (χ2v) is 8.76. The maximum absolute atomic E-state index is 10.0. The van der Waals surface area contributed by atoms with Crippen LogP contribution >= 0.6 is 15.8 Å². The zero-order valence-electron chi connectivity index (χ0n) is 17.4. The Balaban J connectivity index is 0. The Morgan fingerprint density at radius 3 is 1.89 bits per heavy atom. The van der Waals surface area contributed by atoms with Gasteiger partial charge in [-0.3, -0.25) is 9.36 Å². The SMILES string of the molecule is CCCCCC(CCCC)P=S.CCCCCP=O.O=Cc1ccccc1. The summed E-state index contributed by atoms with van der Waals surface area (Å²) in [4.78, 5) is 10.0. The van der Waals surface area contributed by atoms with Gasteiger partial charge in [-0.25, -0.2) is 0 Å². The summed E-state index contributed by atoms with van der Waals surface area (Å²) < 4.78 is 9.78. The quantitative estimate of drug-likeness (QED) is 0.179. The van der Waals surface area contributed by atoms with E-state index in [1.54, 1.807) is 12.1 Å². The molecule has 1 aromatic carbocycles. The van der Waals surface area contributed by atoms with Crippen molar-refractivity contribution in [1.29, 1.82) is 0 Å². The minimum atomic E-state index is 0.305. The third kappa shape index (κ3) is 23.5. The molecule has 1 atom stereocenters. The van der Waals surface area contributed by atoms with Crippen molar-refractivity contribution in [3.8, 4) is 0 Å². The molecule has 0 amide bonds. The van der Waals surface area contributed by atoms with Gasteiger partial charge in [0.2, 0.25) is 0 Å². The predicted octanol–water partition coefficient (Wildman–Crippen LogP) is 8.50. The first kappa shape index (κ1) is 28.7. The molecule has 0 aliphatic rings. The lowest BCUT2D eigenvalue weighted by Gasteiger charge is -2.08. The zero-order valence-corrected chi connectivity index (χ0v) is 20.0. The summed E-state index contributed by atoms with van der Waals surface area (Å²) in [5.41, 5.74) is 1.54. The summed E-state index contributed by atoms with van der Waals surface area (Å²) in [5, 5.41) is 0. The van der Waals surface area contributed by atoms with Crippen LogP contribution in [-0.2, 0) is 16.4 Å². The Morgan fingerprint density at radius 1 is 0.889 bits per heavy atom. The van der Waals surface area contributed by atoms with E-state index in [4.69, 9.17) is 11.8 Å². The van der Waals surface area contributed by atoms with E-state index in [-0.39, 0.29) is 0 Å². The lowest BCUT2D eigenvalue weighted by Crippen LogP contribution is -1.97. The minimum absolute atomic E-state index is 0.305. The Labute approximate surface area is 176 Å². The smallest absolute Gasteiger partial charge is 0.155 e. The Hall–Kier alpha value is -0.490. The van der Waals surface area contributed by atoms with Gasteiger partial charge in [0.1, 0.15) is 6.29 Å². The van der Waals surface area contributed by atoms with Crippen LogP contribution in [0.5, 0.6) is 0 Å². The van der Waals surface area contributed by atoms with Crippen molar-refractivity contribution in [3.63, 3.8) is 0 Å².